The lowest BCUT2D eigenvalue weighted by Crippen LogP contribution is -2.31. The van der Waals surface area contributed by atoms with Crippen LogP contribution in [0.15, 0.2) is 14.3 Å². The molecule has 0 radical (unpaired) electrons. The van der Waals surface area contributed by atoms with Crippen LogP contribution in [0.4, 0.5) is 0 Å². The van der Waals surface area contributed by atoms with E-state index >= 15 is 0 Å². The monoisotopic (exact) mass is 341 g/mol. The van der Waals surface area contributed by atoms with E-state index in [1.807, 2.05) is 19.9 Å². The van der Waals surface area contributed by atoms with Gasteiger partial charge in [-0.05, 0) is 37.9 Å². The summed E-state index contributed by atoms with van der Waals surface area (Å²) in [5, 5.41) is 9.20. The molecule has 0 saturated carbocycles. The molecule has 0 amide bonds. The number of nitrogens with two attached hydrogens (primary N) is 1. The molecule has 0 saturated heterocycles. The van der Waals surface area contributed by atoms with Crippen LogP contribution in [0, 0.1) is 5.41 Å². The molecule has 3 N–H and O–H groups in total. The van der Waals surface area contributed by atoms with Crippen LogP contribution in [0.3, 0.4) is 0 Å². The van der Waals surface area contributed by atoms with Crippen molar-refractivity contribution >= 4 is 43.2 Å². The minimum atomic E-state index is -0.288. The van der Waals surface area contributed by atoms with Gasteiger partial charge in [0.2, 0.25) is 0 Å². The summed E-state index contributed by atoms with van der Waals surface area (Å²) in [6.07, 6.45) is 0. The average molecular weight is 343 g/mol. The van der Waals surface area contributed by atoms with Gasteiger partial charge in [0.1, 0.15) is 0 Å². The Hall–Kier alpha value is 0.580. The fourth-order valence-electron chi connectivity index (χ4n) is 1.00. The van der Waals surface area contributed by atoms with Crippen LogP contribution in [-0.4, -0.2) is 11.7 Å². The lowest BCUT2D eigenvalue weighted by atomic mass is 9.85. The third-order valence-electron chi connectivity index (χ3n) is 2.22. The van der Waals surface area contributed by atoms with E-state index in [4.69, 9.17) is 5.73 Å². The van der Waals surface area contributed by atoms with Gasteiger partial charge in [-0.3, -0.25) is 0 Å². The molecule has 2 nitrogen and oxygen atoms in total. The van der Waals surface area contributed by atoms with Gasteiger partial charge in [0.05, 0.1) is 10.4 Å². The zero-order chi connectivity index (χ0) is 10.9. The zero-order valence-corrected chi connectivity index (χ0v) is 12.0. The summed E-state index contributed by atoms with van der Waals surface area (Å²) in [5.41, 5.74) is 5.79. The van der Waals surface area contributed by atoms with Crippen molar-refractivity contribution in [3.63, 3.8) is 0 Å². The van der Waals surface area contributed by atoms with Crippen molar-refractivity contribution < 1.29 is 5.11 Å². The van der Waals surface area contributed by atoms with E-state index in [-0.39, 0.29) is 18.1 Å². The maximum Gasteiger partial charge on any atom is 0.0843 e. The Bertz CT molecular complexity index is 305. The van der Waals surface area contributed by atoms with Crippen LogP contribution in [0.1, 0.15) is 24.8 Å². The second-order valence-corrected chi connectivity index (χ2v) is 7.15. The standard InChI is InChI=1S/C9H13Br2NOS/c1-9(2,4-13)7(12)6-3-5(10)8(11)14-6/h3,7,13H,4,12H2,1-2H3/t7-/m0/s1. The van der Waals surface area contributed by atoms with Crippen LogP contribution in [0.5, 0.6) is 0 Å². The number of hydrogen-bond donors (Lipinski definition) is 2. The number of hydrogen-bond acceptors (Lipinski definition) is 3. The lowest BCUT2D eigenvalue weighted by molar-refractivity contribution is 0.133. The third-order valence-corrected chi connectivity index (χ3v) is 5.56. The van der Waals surface area contributed by atoms with E-state index in [9.17, 15) is 5.11 Å². The smallest absolute Gasteiger partial charge is 0.0843 e. The fourth-order valence-corrected chi connectivity index (χ4v) is 3.30. The van der Waals surface area contributed by atoms with Gasteiger partial charge >= 0.3 is 0 Å². The molecule has 0 aliphatic rings. The Kier molecular flexibility index (Phi) is 4.17. The highest BCUT2D eigenvalue weighted by molar-refractivity contribution is 9.13. The molecule has 14 heavy (non-hydrogen) atoms. The molecule has 0 unspecified atom stereocenters. The Morgan fingerprint density at radius 1 is 1.57 bits per heavy atom. The first-order valence-corrected chi connectivity index (χ1v) is 6.60. The molecule has 1 aromatic rings. The van der Waals surface area contributed by atoms with E-state index in [1.165, 1.54) is 0 Å². The number of thiophene rings is 1. The van der Waals surface area contributed by atoms with Crippen LogP contribution < -0.4 is 5.73 Å². The summed E-state index contributed by atoms with van der Waals surface area (Å²) < 4.78 is 2.05. The molecule has 1 rings (SSSR count). The summed E-state index contributed by atoms with van der Waals surface area (Å²) in [6, 6.07) is 1.86. The molecule has 1 aromatic heterocycles. The molecule has 0 bridgehead atoms. The average Bonchev–Trinajstić information content (AvgIpc) is 2.45. The number of rotatable bonds is 3. The molecular formula is C9H13Br2NOS. The molecule has 0 aliphatic carbocycles. The van der Waals surface area contributed by atoms with Gasteiger partial charge in [0, 0.05) is 20.8 Å². The van der Waals surface area contributed by atoms with Gasteiger partial charge in [-0.25, -0.2) is 0 Å². The van der Waals surface area contributed by atoms with Crippen molar-refractivity contribution in [2.75, 3.05) is 6.61 Å². The highest BCUT2D eigenvalue weighted by Crippen LogP contribution is 2.40. The molecule has 0 aromatic carbocycles. The normalized spacial score (nSPS) is 14.4. The molecule has 0 fully saturated rings. The van der Waals surface area contributed by atoms with Crippen molar-refractivity contribution in [3.8, 4) is 0 Å². The highest BCUT2D eigenvalue weighted by Gasteiger charge is 2.28. The summed E-state index contributed by atoms with van der Waals surface area (Å²) in [4.78, 5) is 1.07. The Morgan fingerprint density at radius 3 is 2.50 bits per heavy atom. The molecule has 5 heteroatoms. The van der Waals surface area contributed by atoms with Crippen molar-refractivity contribution in [3.05, 3.63) is 19.2 Å². The topological polar surface area (TPSA) is 46.2 Å². The quantitative estimate of drug-likeness (QED) is 0.885. The minimum Gasteiger partial charge on any atom is -0.396 e. The molecule has 1 heterocycles. The summed E-state index contributed by atoms with van der Waals surface area (Å²) >= 11 is 8.44. The van der Waals surface area contributed by atoms with Gasteiger partial charge in [-0.15, -0.1) is 11.3 Å². The SMILES string of the molecule is CC(C)(CO)[C@@H](N)c1cc(Br)c(Br)s1. The van der Waals surface area contributed by atoms with Crippen LogP contribution in [0.2, 0.25) is 0 Å². The van der Waals surface area contributed by atoms with Gasteiger partial charge in [-0.2, -0.15) is 0 Å². The first-order chi connectivity index (χ1) is 6.38. The Balaban J connectivity index is 2.94. The maximum atomic E-state index is 9.20. The second kappa shape index (κ2) is 4.61. The molecule has 1 atom stereocenters. The predicted octanol–water partition coefficient (Wildman–Crippen LogP) is 3.29. The van der Waals surface area contributed by atoms with Crippen LogP contribution in [-0.2, 0) is 0 Å². The van der Waals surface area contributed by atoms with Gasteiger partial charge in [0.25, 0.3) is 0 Å². The summed E-state index contributed by atoms with van der Waals surface area (Å²) in [5.74, 6) is 0. The first-order valence-electron chi connectivity index (χ1n) is 4.19. The molecule has 80 valence electrons. The minimum absolute atomic E-state index is 0.0846. The lowest BCUT2D eigenvalue weighted by Gasteiger charge is -2.28. The maximum absolute atomic E-state index is 9.20. The molecule has 0 aliphatic heterocycles. The second-order valence-electron chi connectivity index (χ2n) is 3.89. The summed E-state index contributed by atoms with van der Waals surface area (Å²) in [6.45, 7) is 4.00. The first kappa shape index (κ1) is 12.6. The number of aliphatic hydroxyl groups is 1. The largest absolute Gasteiger partial charge is 0.396 e. The molecule has 0 spiro atoms. The van der Waals surface area contributed by atoms with Crippen molar-refractivity contribution in [2.24, 2.45) is 11.1 Å². The molecular weight excluding hydrogens is 330 g/mol. The summed E-state index contributed by atoms with van der Waals surface area (Å²) in [7, 11) is 0. The van der Waals surface area contributed by atoms with Crippen molar-refractivity contribution in [1.82, 2.24) is 0 Å². The van der Waals surface area contributed by atoms with E-state index in [0.29, 0.717) is 0 Å². The van der Waals surface area contributed by atoms with E-state index in [0.717, 1.165) is 13.1 Å². The van der Waals surface area contributed by atoms with E-state index in [1.54, 1.807) is 11.3 Å². The van der Waals surface area contributed by atoms with Crippen LogP contribution >= 0.6 is 43.2 Å². The number of halogens is 2. The van der Waals surface area contributed by atoms with Crippen molar-refractivity contribution in [2.45, 2.75) is 19.9 Å². The number of aliphatic hydroxyl groups excluding tert-OH is 1. The fraction of sp³-hybridized carbons (Fsp3) is 0.556. The van der Waals surface area contributed by atoms with Gasteiger partial charge < -0.3 is 10.8 Å². The van der Waals surface area contributed by atoms with E-state index in [2.05, 4.69) is 31.9 Å². The predicted molar refractivity (Wildman–Crippen MR) is 67.5 cm³/mol. The van der Waals surface area contributed by atoms with Gasteiger partial charge in [0.15, 0.2) is 0 Å². The third kappa shape index (κ3) is 2.58. The van der Waals surface area contributed by atoms with Crippen LogP contribution in [0.25, 0.3) is 0 Å². The van der Waals surface area contributed by atoms with Gasteiger partial charge in [-0.1, -0.05) is 13.8 Å². The van der Waals surface area contributed by atoms with E-state index < -0.39 is 0 Å². The highest BCUT2D eigenvalue weighted by atomic mass is 79.9. The Labute approximate surface area is 105 Å². The zero-order valence-electron chi connectivity index (χ0n) is 8.05. The van der Waals surface area contributed by atoms with Crippen molar-refractivity contribution in [1.29, 1.82) is 0 Å². The Morgan fingerprint density at radius 2 is 2.14 bits per heavy atom.